The fourth-order valence-electron chi connectivity index (χ4n) is 2.09. The highest BCUT2D eigenvalue weighted by atomic mass is 16.2. The number of aromatic nitrogens is 3. The number of anilines is 4. The van der Waals surface area contributed by atoms with Gasteiger partial charge in [0.05, 0.1) is 0 Å². The molecule has 26 heavy (non-hydrogen) atoms. The van der Waals surface area contributed by atoms with Crippen LogP contribution in [-0.2, 0) is 0 Å². The number of nitrogens with two attached hydrogens (primary N) is 1. The van der Waals surface area contributed by atoms with Crippen LogP contribution in [0, 0.1) is 0 Å². The molecule has 5 N–H and O–H groups in total. The Labute approximate surface area is 150 Å². The van der Waals surface area contributed by atoms with E-state index in [0.717, 1.165) is 12.8 Å². The molecule has 3 rings (SSSR count). The standard InChI is InChI=1S/C16H20N8O2/c1-24(2)15-22-12(21-14(17)23-15)13(25)18-9-3-5-10(6-4-9)19-16(26)20-11-7-8-11/h3-6,11H,7-8H2,1-2H3,(H,18,25)(H2,19,20,26)(H2,17,21,22,23). The molecule has 3 amide bonds. The van der Waals surface area contributed by atoms with Crippen LogP contribution >= 0.6 is 0 Å². The van der Waals surface area contributed by atoms with Crippen LogP contribution in [0.15, 0.2) is 24.3 Å². The predicted molar refractivity (Wildman–Crippen MR) is 98.1 cm³/mol. The van der Waals surface area contributed by atoms with Crippen LogP contribution in [0.3, 0.4) is 0 Å². The summed E-state index contributed by atoms with van der Waals surface area (Å²) in [5.41, 5.74) is 6.78. The van der Waals surface area contributed by atoms with E-state index in [1.54, 1.807) is 43.3 Å². The summed E-state index contributed by atoms with van der Waals surface area (Å²) in [7, 11) is 3.48. The minimum Gasteiger partial charge on any atom is -0.368 e. The van der Waals surface area contributed by atoms with Gasteiger partial charge >= 0.3 is 6.03 Å². The summed E-state index contributed by atoms with van der Waals surface area (Å²) in [5, 5.41) is 8.25. The van der Waals surface area contributed by atoms with Gasteiger partial charge in [-0.25, -0.2) is 4.79 Å². The number of benzene rings is 1. The van der Waals surface area contributed by atoms with Crippen molar-refractivity contribution in [3.63, 3.8) is 0 Å². The maximum absolute atomic E-state index is 12.3. The van der Waals surface area contributed by atoms with Gasteiger partial charge in [-0.3, -0.25) is 4.79 Å². The smallest absolute Gasteiger partial charge is 0.319 e. The fourth-order valence-corrected chi connectivity index (χ4v) is 2.09. The second kappa shape index (κ2) is 7.21. The van der Waals surface area contributed by atoms with Crippen LogP contribution < -0.4 is 26.6 Å². The van der Waals surface area contributed by atoms with E-state index in [0.29, 0.717) is 17.3 Å². The summed E-state index contributed by atoms with van der Waals surface area (Å²) in [5.74, 6) is -0.319. The molecule has 0 spiro atoms. The summed E-state index contributed by atoms with van der Waals surface area (Å²) in [6, 6.07) is 6.77. The van der Waals surface area contributed by atoms with Gasteiger partial charge in [0.15, 0.2) is 0 Å². The lowest BCUT2D eigenvalue weighted by molar-refractivity contribution is 0.101. The summed E-state index contributed by atoms with van der Waals surface area (Å²) in [6.45, 7) is 0. The first-order valence-corrected chi connectivity index (χ1v) is 8.08. The van der Waals surface area contributed by atoms with Gasteiger partial charge in [0.25, 0.3) is 5.91 Å². The highest BCUT2D eigenvalue weighted by Gasteiger charge is 2.23. The average molecular weight is 356 g/mol. The number of nitrogen functional groups attached to an aromatic ring is 1. The number of nitrogens with one attached hydrogen (secondary N) is 3. The largest absolute Gasteiger partial charge is 0.368 e. The van der Waals surface area contributed by atoms with Crippen molar-refractivity contribution in [1.82, 2.24) is 20.3 Å². The van der Waals surface area contributed by atoms with Crippen molar-refractivity contribution in [3.05, 3.63) is 30.1 Å². The van der Waals surface area contributed by atoms with Gasteiger partial charge in [-0.15, -0.1) is 0 Å². The van der Waals surface area contributed by atoms with E-state index in [9.17, 15) is 9.59 Å². The van der Waals surface area contributed by atoms with Crippen molar-refractivity contribution in [3.8, 4) is 0 Å². The number of nitrogens with zero attached hydrogens (tertiary/aromatic N) is 4. The van der Waals surface area contributed by atoms with Crippen molar-refractivity contribution in [2.45, 2.75) is 18.9 Å². The Bertz CT molecular complexity index is 817. The lowest BCUT2D eigenvalue weighted by Gasteiger charge is -2.11. The summed E-state index contributed by atoms with van der Waals surface area (Å²) >= 11 is 0. The number of carbonyl (C=O) groups excluding carboxylic acids is 2. The average Bonchev–Trinajstić information content (AvgIpc) is 3.39. The Morgan fingerprint density at radius 1 is 1.04 bits per heavy atom. The van der Waals surface area contributed by atoms with E-state index < -0.39 is 5.91 Å². The first-order valence-electron chi connectivity index (χ1n) is 8.08. The molecule has 1 aliphatic carbocycles. The Morgan fingerprint density at radius 3 is 2.23 bits per heavy atom. The third kappa shape index (κ3) is 4.56. The molecule has 0 saturated heterocycles. The maximum atomic E-state index is 12.3. The monoisotopic (exact) mass is 356 g/mol. The maximum Gasteiger partial charge on any atom is 0.319 e. The minimum absolute atomic E-state index is 0.0323. The second-order valence-corrected chi connectivity index (χ2v) is 6.12. The first-order chi connectivity index (χ1) is 12.4. The number of urea groups is 1. The molecule has 0 radical (unpaired) electrons. The van der Waals surface area contributed by atoms with Crippen molar-refractivity contribution >= 4 is 35.2 Å². The number of rotatable bonds is 5. The number of carbonyl (C=O) groups is 2. The second-order valence-electron chi connectivity index (χ2n) is 6.12. The van der Waals surface area contributed by atoms with E-state index >= 15 is 0 Å². The molecule has 1 heterocycles. The molecular formula is C16H20N8O2. The number of hydrogen-bond acceptors (Lipinski definition) is 7. The van der Waals surface area contributed by atoms with E-state index in [-0.39, 0.29) is 23.8 Å². The Kier molecular flexibility index (Phi) is 4.83. The molecule has 0 bridgehead atoms. The van der Waals surface area contributed by atoms with Gasteiger partial charge in [-0.1, -0.05) is 0 Å². The molecule has 0 atom stereocenters. The molecule has 0 aliphatic heterocycles. The van der Waals surface area contributed by atoms with Crippen LogP contribution in [0.1, 0.15) is 23.5 Å². The van der Waals surface area contributed by atoms with Crippen LogP contribution in [0.2, 0.25) is 0 Å². The van der Waals surface area contributed by atoms with E-state index in [4.69, 9.17) is 5.73 Å². The van der Waals surface area contributed by atoms with Gasteiger partial charge in [-0.05, 0) is 37.1 Å². The van der Waals surface area contributed by atoms with Gasteiger partial charge in [0.1, 0.15) is 0 Å². The third-order valence-corrected chi connectivity index (χ3v) is 3.56. The van der Waals surface area contributed by atoms with E-state index in [2.05, 4.69) is 30.9 Å². The molecular weight excluding hydrogens is 336 g/mol. The zero-order valence-corrected chi connectivity index (χ0v) is 14.5. The summed E-state index contributed by atoms with van der Waals surface area (Å²) < 4.78 is 0. The van der Waals surface area contributed by atoms with Crippen LogP contribution in [0.5, 0.6) is 0 Å². The van der Waals surface area contributed by atoms with E-state index in [1.807, 2.05) is 0 Å². The number of amides is 3. The minimum atomic E-state index is -0.505. The van der Waals surface area contributed by atoms with E-state index in [1.165, 1.54) is 0 Å². The SMILES string of the molecule is CN(C)c1nc(N)nc(C(=O)Nc2ccc(NC(=O)NC3CC3)cc2)n1. The van der Waals surface area contributed by atoms with Crippen LogP contribution in [0.25, 0.3) is 0 Å². The lowest BCUT2D eigenvalue weighted by Crippen LogP contribution is -2.30. The van der Waals surface area contributed by atoms with Gasteiger partial charge in [-0.2, -0.15) is 15.0 Å². The fraction of sp³-hybridized carbons (Fsp3) is 0.312. The normalized spacial score (nSPS) is 13.0. The van der Waals surface area contributed by atoms with Crippen molar-refractivity contribution in [2.24, 2.45) is 0 Å². The molecule has 2 aromatic rings. The van der Waals surface area contributed by atoms with Gasteiger partial charge < -0.3 is 26.6 Å². The summed E-state index contributed by atoms with van der Waals surface area (Å²) in [4.78, 5) is 37.5. The van der Waals surface area contributed by atoms with Crippen LogP contribution in [0.4, 0.5) is 28.1 Å². The molecule has 1 aromatic carbocycles. The third-order valence-electron chi connectivity index (χ3n) is 3.56. The van der Waals surface area contributed by atoms with Gasteiger partial charge in [0.2, 0.25) is 17.7 Å². The Morgan fingerprint density at radius 2 is 1.65 bits per heavy atom. The highest BCUT2D eigenvalue weighted by molar-refractivity contribution is 6.02. The first kappa shape index (κ1) is 17.4. The molecule has 136 valence electrons. The van der Waals surface area contributed by atoms with Crippen molar-refractivity contribution in [1.29, 1.82) is 0 Å². The zero-order chi connectivity index (χ0) is 18.7. The van der Waals surface area contributed by atoms with Crippen molar-refractivity contribution < 1.29 is 9.59 Å². The highest BCUT2D eigenvalue weighted by Crippen LogP contribution is 2.19. The molecule has 0 unspecified atom stereocenters. The molecule has 10 nitrogen and oxygen atoms in total. The Hall–Kier alpha value is -3.43. The lowest BCUT2D eigenvalue weighted by atomic mass is 10.2. The predicted octanol–water partition coefficient (Wildman–Crippen LogP) is 1.06. The van der Waals surface area contributed by atoms with Crippen LogP contribution in [-0.4, -0.2) is 47.0 Å². The zero-order valence-electron chi connectivity index (χ0n) is 14.5. The molecule has 1 fully saturated rings. The Balaban J connectivity index is 1.63. The molecule has 1 aliphatic rings. The molecule has 10 heteroatoms. The molecule has 1 saturated carbocycles. The molecule has 1 aromatic heterocycles. The quantitative estimate of drug-likeness (QED) is 0.628. The number of hydrogen-bond donors (Lipinski definition) is 4. The van der Waals surface area contributed by atoms with Gasteiger partial charge in [0, 0.05) is 31.5 Å². The summed E-state index contributed by atoms with van der Waals surface area (Å²) in [6.07, 6.45) is 2.05. The van der Waals surface area contributed by atoms with Crippen molar-refractivity contribution in [2.75, 3.05) is 35.4 Å². The topological polar surface area (TPSA) is 138 Å².